The van der Waals surface area contributed by atoms with Gasteiger partial charge in [0.05, 0.1) is 7.11 Å². The number of hydrogen-bond donors (Lipinski definition) is 0. The minimum atomic E-state index is 0.0608. The number of piperazine rings is 1. The van der Waals surface area contributed by atoms with Crippen molar-refractivity contribution in [3.8, 4) is 11.5 Å². The number of amides is 1. The van der Waals surface area contributed by atoms with Gasteiger partial charge < -0.3 is 14.4 Å². The molecule has 0 aliphatic carbocycles. The molecule has 34 heavy (non-hydrogen) atoms. The summed E-state index contributed by atoms with van der Waals surface area (Å²) in [5, 5.41) is 0. The quantitative estimate of drug-likeness (QED) is 0.491. The van der Waals surface area contributed by atoms with E-state index in [4.69, 9.17) is 9.47 Å². The standard InChI is InChI=1S/C29H34N2O3/c1-21-6-9-24(10-7-21)19-30-13-15-31(16-14-30)29(32)25-11-12-27(33-4)26(18-25)20-34-28-17-22(2)5-8-23(28)3/h5-12,17-18H,13-16,19-20H2,1-4H3. The third-order valence-corrected chi connectivity index (χ3v) is 6.44. The number of ether oxygens (including phenoxy) is 2. The number of hydrogen-bond acceptors (Lipinski definition) is 4. The predicted octanol–water partition coefficient (Wildman–Crippen LogP) is 5.16. The second-order valence-corrected chi connectivity index (χ2v) is 9.14. The fraction of sp³-hybridized carbons (Fsp3) is 0.345. The molecular formula is C29H34N2O3. The average Bonchev–Trinajstić information content (AvgIpc) is 2.86. The van der Waals surface area contributed by atoms with Crippen molar-refractivity contribution in [3.63, 3.8) is 0 Å². The van der Waals surface area contributed by atoms with Gasteiger partial charge in [0.1, 0.15) is 18.1 Å². The van der Waals surface area contributed by atoms with Crippen LogP contribution in [0.25, 0.3) is 0 Å². The Morgan fingerprint density at radius 1 is 0.824 bits per heavy atom. The number of nitrogens with zero attached hydrogens (tertiary/aromatic N) is 2. The minimum Gasteiger partial charge on any atom is -0.496 e. The van der Waals surface area contributed by atoms with Crippen molar-refractivity contribution in [2.75, 3.05) is 33.3 Å². The molecule has 0 radical (unpaired) electrons. The number of aryl methyl sites for hydroxylation is 3. The molecule has 3 aromatic rings. The molecule has 178 valence electrons. The van der Waals surface area contributed by atoms with Gasteiger partial charge in [-0.15, -0.1) is 0 Å². The second kappa shape index (κ2) is 10.7. The highest BCUT2D eigenvalue weighted by molar-refractivity contribution is 5.94. The summed E-state index contributed by atoms with van der Waals surface area (Å²) < 4.78 is 11.6. The molecule has 0 N–H and O–H groups in total. The lowest BCUT2D eigenvalue weighted by atomic mass is 10.1. The summed E-state index contributed by atoms with van der Waals surface area (Å²) in [5.41, 5.74) is 6.37. The maximum absolute atomic E-state index is 13.3. The zero-order valence-electron chi connectivity index (χ0n) is 20.6. The van der Waals surface area contributed by atoms with Gasteiger partial charge in [-0.3, -0.25) is 9.69 Å². The Labute approximate surface area is 202 Å². The van der Waals surface area contributed by atoms with Crippen LogP contribution in [0.3, 0.4) is 0 Å². The third-order valence-electron chi connectivity index (χ3n) is 6.44. The summed E-state index contributed by atoms with van der Waals surface area (Å²) in [6, 6.07) is 20.5. The van der Waals surface area contributed by atoms with E-state index in [1.54, 1.807) is 7.11 Å². The first-order valence-electron chi connectivity index (χ1n) is 11.9. The number of benzene rings is 3. The average molecular weight is 459 g/mol. The zero-order valence-corrected chi connectivity index (χ0v) is 20.6. The van der Waals surface area contributed by atoms with E-state index in [0.29, 0.717) is 12.2 Å². The molecule has 4 rings (SSSR count). The van der Waals surface area contributed by atoms with E-state index in [0.717, 1.165) is 60.9 Å². The lowest BCUT2D eigenvalue weighted by Gasteiger charge is -2.35. The molecule has 5 heteroatoms. The lowest BCUT2D eigenvalue weighted by Crippen LogP contribution is -2.48. The SMILES string of the molecule is COc1ccc(C(=O)N2CCN(Cc3ccc(C)cc3)CC2)cc1COc1cc(C)ccc1C. The molecule has 0 saturated carbocycles. The molecule has 0 unspecified atom stereocenters. The van der Waals surface area contributed by atoms with Crippen LogP contribution in [0.2, 0.25) is 0 Å². The summed E-state index contributed by atoms with van der Waals surface area (Å²) in [6.45, 7) is 10.7. The van der Waals surface area contributed by atoms with Gasteiger partial charge in [0, 0.05) is 43.9 Å². The Kier molecular flexibility index (Phi) is 7.53. The topological polar surface area (TPSA) is 42.0 Å². The van der Waals surface area contributed by atoms with Crippen LogP contribution in [0.5, 0.6) is 11.5 Å². The van der Waals surface area contributed by atoms with Crippen LogP contribution >= 0.6 is 0 Å². The van der Waals surface area contributed by atoms with E-state index < -0.39 is 0 Å². The minimum absolute atomic E-state index is 0.0608. The van der Waals surface area contributed by atoms with Gasteiger partial charge in [-0.1, -0.05) is 42.0 Å². The maximum atomic E-state index is 13.3. The molecule has 0 bridgehead atoms. The van der Waals surface area contributed by atoms with Gasteiger partial charge in [-0.05, 0) is 61.7 Å². The molecule has 1 fully saturated rings. The van der Waals surface area contributed by atoms with Crippen LogP contribution in [0, 0.1) is 20.8 Å². The summed E-state index contributed by atoms with van der Waals surface area (Å²) in [7, 11) is 1.64. The van der Waals surface area contributed by atoms with Gasteiger partial charge in [-0.25, -0.2) is 0 Å². The second-order valence-electron chi connectivity index (χ2n) is 9.14. The number of carbonyl (C=O) groups excluding carboxylic acids is 1. The fourth-order valence-electron chi connectivity index (χ4n) is 4.29. The highest BCUT2D eigenvalue weighted by Crippen LogP contribution is 2.25. The van der Waals surface area contributed by atoms with Gasteiger partial charge in [0.2, 0.25) is 0 Å². The van der Waals surface area contributed by atoms with Crippen molar-refractivity contribution >= 4 is 5.91 Å². The van der Waals surface area contributed by atoms with E-state index in [2.05, 4.69) is 48.2 Å². The van der Waals surface area contributed by atoms with E-state index >= 15 is 0 Å². The smallest absolute Gasteiger partial charge is 0.253 e. The van der Waals surface area contributed by atoms with Crippen molar-refractivity contribution < 1.29 is 14.3 Å². The van der Waals surface area contributed by atoms with E-state index in [1.807, 2.05) is 43.0 Å². The Hall–Kier alpha value is -3.31. The van der Waals surface area contributed by atoms with Gasteiger partial charge >= 0.3 is 0 Å². The van der Waals surface area contributed by atoms with Crippen LogP contribution in [-0.2, 0) is 13.2 Å². The van der Waals surface area contributed by atoms with Crippen molar-refractivity contribution in [3.05, 3.63) is 94.0 Å². The van der Waals surface area contributed by atoms with Crippen LogP contribution in [0.15, 0.2) is 60.7 Å². The molecule has 1 heterocycles. The molecule has 1 aliphatic heterocycles. The monoisotopic (exact) mass is 458 g/mol. The van der Waals surface area contributed by atoms with Gasteiger partial charge in [-0.2, -0.15) is 0 Å². The number of carbonyl (C=O) groups is 1. The first-order chi connectivity index (χ1) is 16.4. The van der Waals surface area contributed by atoms with E-state index in [-0.39, 0.29) is 5.91 Å². The highest BCUT2D eigenvalue weighted by atomic mass is 16.5. The molecule has 0 spiro atoms. The molecular weight excluding hydrogens is 424 g/mol. The first kappa shape index (κ1) is 23.8. The van der Waals surface area contributed by atoms with Crippen molar-refractivity contribution in [1.82, 2.24) is 9.80 Å². The molecule has 5 nitrogen and oxygen atoms in total. The first-order valence-corrected chi connectivity index (χ1v) is 11.9. The van der Waals surface area contributed by atoms with Crippen molar-refractivity contribution in [2.45, 2.75) is 33.9 Å². The van der Waals surface area contributed by atoms with Crippen molar-refractivity contribution in [2.24, 2.45) is 0 Å². The van der Waals surface area contributed by atoms with Crippen LogP contribution < -0.4 is 9.47 Å². The largest absolute Gasteiger partial charge is 0.496 e. The van der Waals surface area contributed by atoms with Gasteiger partial charge in [0.15, 0.2) is 0 Å². The normalized spacial score (nSPS) is 14.2. The number of methoxy groups -OCH3 is 1. The molecule has 1 saturated heterocycles. The van der Waals surface area contributed by atoms with E-state index in [1.165, 1.54) is 11.1 Å². The summed E-state index contributed by atoms with van der Waals surface area (Å²) >= 11 is 0. The molecule has 1 amide bonds. The summed E-state index contributed by atoms with van der Waals surface area (Å²) in [6.07, 6.45) is 0. The Morgan fingerprint density at radius 3 is 2.24 bits per heavy atom. The predicted molar refractivity (Wildman–Crippen MR) is 136 cm³/mol. The molecule has 3 aromatic carbocycles. The third kappa shape index (κ3) is 5.78. The van der Waals surface area contributed by atoms with Crippen molar-refractivity contribution in [1.29, 1.82) is 0 Å². The highest BCUT2D eigenvalue weighted by Gasteiger charge is 2.23. The Morgan fingerprint density at radius 2 is 1.53 bits per heavy atom. The Bertz CT molecular complexity index is 1130. The van der Waals surface area contributed by atoms with Gasteiger partial charge in [0.25, 0.3) is 5.91 Å². The molecule has 0 atom stereocenters. The summed E-state index contributed by atoms with van der Waals surface area (Å²) in [4.78, 5) is 17.6. The Balaban J connectivity index is 1.39. The lowest BCUT2D eigenvalue weighted by molar-refractivity contribution is 0.0628. The van der Waals surface area contributed by atoms with Crippen LogP contribution in [0.1, 0.15) is 38.2 Å². The van der Waals surface area contributed by atoms with Crippen LogP contribution in [0.4, 0.5) is 0 Å². The maximum Gasteiger partial charge on any atom is 0.253 e. The van der Waals surface area contributed by atoms with Crippen LogP contribution in [-0.4, -0.2) is 49.0 Å². The number of rotatable bonds is 7. The fourth-order valence-corrected chi connectivity index (χ4v) is 4.29. The molecule has 1 aliphatic rings. The molecule has 0 aromatic heterocycles. The van der Waals surface area contributed by atoms with E-state index in [9.17, 15) is 4.79 Å². The zero-order chi connectivity index (χ0) is 24.1. The summed E-state index contributed by atoms with van der Waals surface area (Å²) in [5.74, 6) is 1.64.